The van der Waals surface area contributed by atoms with Crippen molar-refractivity contribution in [2.24, 2.45) is 0 Å². The largest absolute Gasteiger partial charge is 0.295 e. The average Bonchev–Trinajstić information content (AvgIpc) is 2.13. The van der Waals surface area contributed by atoms with E-state index in [0.29, 0.717) is 0 Å². The van der Waals surface area contributed by atoms with Crippen LogP contribution in [-0.4, -0.2) is 16.5 Å². The van der Waals surface area contributed by atoms with Gasteiger partial charge in [0.2, 0.25) is 3.54 Å². The quantitative estimate of drug-likeness (QED) is 0.514. The van der Waals surface area contributed by atoms with Crippen molar-refractivity contribution in [3.05, 3.63) is 11.5 Å². The highest BCUT2D eigenvalue weighted by molar-refractivity contribution is 8.16. The Balaban J connectivity index is 2.92. The first kappa shape index (κ1) is 8.39. The van der Waals surface area contributed by atoms with Crippen molar-refractivity contribution in [3.63, 3.8) is 0 Å². The zero-order valence-corrected chi connectivity index (χ0v) is 7.21. The molecule has 0 aromatic rings. The highest BCUT2D eigenvalue weighted by atomic mass is 35.5. The van der Waals surface area contributed by atoms with Crippen LogP contribution in [0.2, 0.25) is 0 Å². The Kier molecular flexibility index (Phi) is 2.02. The summed E-state index contributed by atoms with van der Waals surface area (Å²) >= 11 is 6.41. The van der Waals surface area contributed by atoms with Gasteiger partial charge in [0.25, 0.3) is 10.1 Å². The molecular formula is C4H5ClO3S2. The molecule has 1 aliphatic heterocycles. The molecule has 1 heterocycles. The second kappa shape index (κ2) is 2.41. The topological polar surface area (TPSA) is 54.4 Å². The number of alkyl halides is 1. The van der Waals surface area contributed by atoms with Crippen LogP contribution in [0.25, 0.3) is 0 Å². The predicted octanol–water partition coefficient (Wildman–Crippen LogP) is 1.42. The lowest BCUT2D eigenvalue weighted by atomic mass is 10.5. The summed E-state index contributed by atoms with van der Waals surface area (Å²) in [6, 6.07) is 0. The summed E-state index contributed by atoms with van der Waals surface area (Å²) in [4.78, 5) is 0. The first-order chi connectivity index (χ1) is 4.46. The molecule has 58 valence electrons. The van der Waals surface area contributed by atoms with E-state index in [1.807, 2.05) is 0 Å². The van der Waals surface area contributed by atoms with E-state index in [2.05, 4.69) is 0 Å². The number of thioether (sulfide) groups is 1. The molecule has 0 fully saturated rings. The summed E-state index contributed by atoms with van der Waals surface area (Å²) in [5, 5.41) is 1.56. The van der Waals surface area contributed by atoms with Gasteiger partial charge in [-0.2, -0.15) is 8.42 Å². The molecule has 0 saturated heterocycles. The van der Waals surface area contributed by atoms with Crippen LogP contribution in [0, 0.1) is 0 Å². The maximum absolute atomic E-state index is 10.5. The van der Waals surface area contributed by atoms with E-state index >= 15 is 0 Å². The Morgan fingerprint density at radius 2 is 2.30 bits per heavy atom. The van der Waals surface area contributed by atoms with Crippen LogP contribution in [0.4, 0.5) is 0 Å². The fourth-order valence-electron chi connectivity index (χ4n) is 0.553. The Bertz CT molecular complexity index is 248. The number of rotatable bonds is 1. The molecular weight excluding hydrogens is 196 g/mol. The van der Waals surface area contributed by atoms with Crippen LogP contribution in [0.3, 0.4) is 0 Å². The highest BCUT2D eigenvalue weighted by Gasteiger charge is 2.42. The zero-order valence-electron chi connectivity index (χ0n) is 4.82. The fraction of sp³-hybridized carbons (Fsp3) is 0.500. The number of allylic oxidation sites excluding steroid dienone is 1. The second-order valence-corrected chi connectivity index (χ2v) is 6.03. The van der Waals surface area contributed by atoms with Gasteiger partial charge in [0.1, 0.15) is 0 Å². The first-order valence-corrected chi connectivity index (χ1v) is 5.14. The van der Waals surface area contributed by atoms with Crippen LogP contribution in [0.1, 0.15) is 6.42 Å². The third kappa shape index (κ3) is 1.32. The van der Waals surface area contributed by atoms with Crippen LogP contribution in [0.5, 0.6) is 0 Å². The summed E-state index contributed by atoms with van der Waals surface area (Å²) in [5.41, 5.74) is 0. The Morgan fingerprint density at radius 3 is 2.50 bits per heavy atom. The lowest BCUT2D eigenvalue weighted by Gasteiger charge is -2.14. The van der Waals surface area contributed by atoms with Gasteiger partial charge in [-0.25, -0.2) is 0 Å². The van der Waals surface area contributed by atoms with Crippen molar-refractivity contribution in [2.75, 3.05) is 0 Å². The molecule has 1 atom stereocenters. The number of hydrogen-bond acceptors (Lipinski definition) is 3. The smallest absolute Gasteiger partial charge is 0.284 e. The maximum Gasteiger partial charge on any atom is 0.295 e. The standard InChI is InChI=1S/C4H5ClO3S2/c5-4(10(6,7)8)2-1-3-9-4/h1,3H,2H2,(H,6,7,8). The van der Waals surface area contributed by atoms with Gasteiger partial charge in [-0.05, 0) is 5.41 Å². The number of halogens is 1. The molecule has 1 rings (SSSR count). The summed E-state index contributed by atoms with van der Waals surface area (Å²) in [5.74, 6) is 0. The summed E-state index contributed by atoms with van der Waals surface area (Å²) in [6.07, 6.45) is 1.75. The van der Waals surface area contributed by atoms with E-state index in [-0.39, 0.29) is 6.42 Å². The molecule has 0 aliphatic carbocycles. The van der Waals surface area contributed by atoms with Crippen molar-refractivity contribution in [1.82, 2.24) is 0 Å². The highest BCUT2D eigenvalue weighted by Crippen LogP contribution is 2.43. The van der Waals surface area contributed by atoms with E-state index in [0.717, 1.165) is 11.8 Å². The van der Waals surface area contributed by atoms with E-state index in [4.69, 9.17) is 16.2 Å². The molecule has 0 bridgehead atoms. The van der Waals surface area contributed by atoms with Crippen molar-refractivity contribution in [2.45, 2.75) is 9.96 Å². The van der Waals surface area contributed by atoms with E-state index in [1.54, 1.807) is 11.5 Å². The SMILES string of the molecule is O=S(=O)(O)C1(Cl)CC=CS1. The van der Waals surface area contributed by atoms with E-state index < -0.39 is 13.7 Å². The Labute approximate surface area is 68.2 Å². The minimum atomic E-state index is -4.14. The Hall–Kier alpha value is 0.290. The molecule has 0 spiro atoms. The minimum Gasteiger partial charge on any atom is -0.284 e. The third-order valence-corrected chi connectivity index (χ3v) is 4.80. The Morgan fingerprint density at radius 1 is 1.70 bits per heavy atom. The van der Waals surface area contributed by atoms with Gasteiger partial charge in [-0.15, -0.1) is 0 Å². The van der Waals surface area contributed by atoms with Crippen LogP contribution in [-0.2, 0) is 10.1 Å². The lowest BCUT2D eigenvalue weighted by molar-refractivity contribution is 0.476. The van der Waals surface area contributed by atoms with Crippen molar-refractivity contribution < 1.29 is 13.0 Å². The van der Waals surface area contributed by atoms with Crippen LogP contribution < -0.4 is 0 Å². The molecule has 1 aliphatic rings. The molecule has 1 N–H and O–H groups in total. The zero-order chi connectivity index (χ0) is 7.83. The first-order valence-electron chi connectivity index (χ1n) is 2.44. The summed E-state index contributed by atoms with van der Waals surface area (Å²) in [7, 11) is -4.14. The van der Waals surface area contributed by atoms with Crippen LogP contribution in [0.15, 0.2) is 11.5 Å². The van der Waals surface area contributed by atoms with Gasteiger partial charge < -0.3 is 0 Å². The van der Waals surface area contributed by atoms with Crippen molar-refractivity contribution >= 4 is 33.5 Å². The van der Waals surface area contributed by atoms with E-state index in [9.17, 15) is 8.42 Å². The molecule has 0 amide bonds. The molecule has 0 aromatic heterocycles. The molecule has 3 nitrogen and oxygen atoms in total. The molecule has 1 unspecified atom stereocenters. The predicted molar refractivity (Wildman–Crippen MR) is 41.5 cm³/mol. The average molecular weight is 201 g/mol. The van der Waals surface area contributed by atoms with Crippen molar-refractivity contribution in [3.8, 4) is 0 Å². The molecule has 0 saturated carbocycles. The minimum absolute atomic E-state index is 0.151. The summed E-state index contributed by atoms with van der Waals surface area (Å²) in [6.45, 7) is 0. The van der Waals surface area contributed by atoms with Gasteiger partial charge in [-0.3, -0.25) is 4.55 Å². The number of hydrogen-bond donors (Lipinski definition) is 1. The third-order valence-electron chi connectivity index (χ3n) is 1.09. The normalized spacial score (nSPS) is 33.0. The second-order valence-electron chi connectivity index (χ2n) is 1.83. The fourth-order valence-corrected chi connectivity index (χ4v) is 2.34. The van der Waals surface area contributed by atoms with Gasteiger partial charge in [0, 0.05) is 6.42 Å². The monoisotopic (exact) mass is 200 g/mol. The molecule has 0 aromatic carbocycles. The van der Waals surface area contributed by atoms with Gasteiger partial charge in [-0.1, -0.05) is 29.4 Å². The van der Waals surface area contributed by atoms with Crippen LogP contribution >= 0.6 is 23.4 Å². The van der Waals surface area contributed by atoms with Gasteiger partial charge >= 0.3 is 0 Å². The molecule has 6 heteroatoms. The maximum atomic E-state index is 10.5. The molecule has 0 radical (unpaired) electrons. The van der Waals surface area contributed by atoms with Gasteiger partial charge in [0.15, 0.2) is 0 Å². The van der Waals surface area contributed by atoms with E-state index in [1.165, 1.54) is 0 Å². The van der Waals surface area contributed by atoms with Crippen molar-refractivity contribution in [1.29, 1.82) is 0 Å². The summed E-state index contributed by atoms with van der Waals surface area (Å²) < 4.78 is 28.0. The lowest BCUT2D eigenvalue weighted by Crippen LogP contribution is -2.24. The van der Waals surface area contributed by atoms with Gasteiger partial charge in [0.05, 0.1) is 0 Å². The molecule has 10 heavy (non-hydrogen) atoms.